The van der Waals surface area contributed by atoms with Crippen molar-refractivity contribution in [2.75, 3.05) is 26.4 Å². The molecule has 148 valence electrons. The molecule has 4 nitrogen and oxygen atoms in total. The summed E-state index contributed by atoms with van der Waals surface area (Å²) in [5, 5.41) is 0. The van der Waals surface area contributed by atoms with Gasteiger partial charge >= 0.3 is 11.9 Å². The predicted molar refractivity (Wildman–Crippen MR) is 77.1 cm³/mol. The number of esters is 1. The minimum absolute atomic E-state index is 0.0419. The molecule has 0 aliphatic heterocycles. The summed E-state index contributed by atoms with van der Waals surface area (Å²) in [5.74, 6) is -12.7. The first-order chi connectivity index (χ1) is 11.3. The van der Waals surface area contributed by atoms with Crippen molar-refractivity contribution in [2.24, 2.45) is 0 Å². The second-order valence-corrected chi connectivity index (χ2v) is 5.67. The standard InChI is InChI=1S/C15H22F6O4/c1-4-6-23-8-11(25-12(22)14(3,18)19)9-24-7-5-15(20,21)10-13(2,16)17/h4,11H,1,5-10H2,2-3H3. The number of rotatable bonds is 13. The van der Waals surface area contributed by atoms with E-state index in [0.717, 1.165) is 0 Å². The Morgan fingerprint density at radius 1 is 1.08 bits per heavy atom. The van der Waals surface area contributed by atoms with E-state index >= 15 is 0 Å². The Balaban J connectivity index is 4.42. The van der Waals surface area contributed by atoms with Crippen LogP contribution in [0.5, 0.6) is 0 Å². The fraction of sp³-hybridized carbons (Fsp3) is 0.800. The number of halogens is 6. The Hall–Kier alpha value is -1.29. The minimum Gasteiger partial charge on any atom is -0.453 e. The molecule has 1 unspecified atom stereocenters. The second kappa shape index (κ2) is 10.0. The van der Waals surface area contributed by atoms with Crippen molar-refractivity contribution in [1.29, 1.82) is 0 Å². The van der Waals surface area contributed by atoms with Gasteiger partial charge in [0.1, 0.15) is 6.10 Å². The van der Waals surface area contributed by atoms with Gasteiger partial charge in [-0.05, 0) is 6.92 Å². The molecule has 0 radical (unpaired) electrons. The molecule has 0 aliphatic carbocycles. The molecule has 10 heteroatoms. The molecule has 0 amide bonds. The molecule has 0 spiro atoms. The first kappa shape index (κ1) is 23.7. The summed E-state index contributed by atoms with van der Waals surface area (Å²) in [6.45, 7) is 2.66. The molecule has 0 aromatic carbocycles. The average molecular weight is 380 g/mol. The Labute approximate surface area is 142 Å². The lowest BCUT2D eigenvalue weighted by atomic mass is 10.1. The third-order valence-electron chi connectivity index (χ3n) is 2.66. The molecule has 0 saturated carbocycles. The van der Waals surface area contributed by atoms with Gasteiger partial charge in [0.2, 0.25) is 0 Å². The van der Waals surface area contributed by atoms with Crippen LogP contribution in [0, 0.1) is 0 Å². The lowest BCUT2D eigenvalue weighted by Gasteiger charge is -2.22. The van der Waals surface area contributed by atoms with Gasteiger partial charge in [-0.2, -0.15) is 8.78 Å². The van der Waals surface area contributed by atoms with E-state index in [4.69, 9.17) is 9.47 Å². The molecular formula is C15H22F6O4. The van der Waals surface area contributed by atoms with E-state index in [1.165, 1.54) is 6.08 Å². The maximum atomic E-state index is 13.3. The summed E-state index contributed by atoms with van der Waals surface area (Å²) in [6.07, 6.45) is -2.53. The summed E-state index contributed by atoms with van der Waals surface area (Å²) in [7, 11) is 0. The highest BCUT2D eigenvalue weighted by Gasteiger charge is 2.40. The van der Waals surface area contributed by atoms with Gasteiger partial charge < -0.3 is 14.2 Å². The van der Waals surface area contributed by atoms with Crippen molar-refractivity contribution in [3.05, 3.63) is 12.7 Å². The Morgan fingerprint density at radius 2 is 1.64 bits per heavy atom. The smallest absolute Gasteiger partial charge is 0.377 e. The van der Waals surface area contributed by atoms with E-state index in [0.29, 0.717) is 13.8 Å². The van der Waals surface area contributed by atoms with Crippen molar-refractivity contribution in [1.82, 2.24) is 0 Å². The van der Waals surface area contributed by atoms with E-state index in [2.05, 4.69) is 11.3 Å². The lowest BCUT2D eigenvalue weighted by molar-refractivity contribution is -0.181. The molecule has 0 rings (SSSR count). The molecular weight excluding hydrogens is 358 g/mol. The summed E-state index contributed by atoms with van der Waals surface area (Å²) in [4.78, 5) is 11.1. The number of ether oxygens (including phenoxy) is 3. The summed E-state index contributed by atoms with van der Waals surface area (Å²) < 4.78 is 91.7. The summed E-state index contributed by atoms with van der Waals surface area (Å²) >= 11 is 0. The first-order valence-corrected chi connectivity index (χ1v) is 7.38. The number of alkyl halides is 6. The monoisotopic (exact) mass is 380 g/mol. The lowest BCUT2D eigenvalue weighted by Crippen LogP contribution is -2.36. The molecule has 0 saturated heterocycles. The highest BCUT2D eigenvalue weighted by atomic mass is 19.3. The van der Waals surface area contributed by atoms with Gasteiger partial charge in [0.25, 0.3) is 11.8 Å². The molecule has 0 fully saturated rings. The van der Waals surface area contributed by atoms with Crippen LogP contribution in [-0.4, -0.2) is 56.3 Å². The van der Waals surface area contributed by atoms with Crippen molar-refractivity contribution in [3.8, 4) is 0 Å². The van der Waals surface area contributed by atoms with Gasteiger partial charge in [-0.15, -0.1) is 6.58 Å². The zero-order valence-corrected chi connectivity index (χ0v) is 14.0. The second-order valence-electron chi connectivity index (χ2n) is 5.67. The highest BCUT2D eigenvalue weighted by molar-refractivity contribution is 5.77. The first-order valence-electron chi connectivity index (χ1n) is 7.38. The molecule has 0 N–H and O–H groups in total. The SMILES string of the molecule is C=CCOCC(COCCC(F)(F)CC(C)(F)F)OC(=O)C(C)(F)F. The summed E-state index contributed by atoms with van der Waals surface area (Å²) in [5.41, 5.74) is 0. The molecule has 25 heavy (non-hydrogen) atoms. The average Bonchev–Trinajstić information content (AvgIpc) is 2.39. The van der Waals surface area contributed by atoms with Crippen molar-refractivity contribution in [2.45, 2.75) is 50.6 Å². The predicted octanol–water partition coefficient (Wildman–Crippen LogP) is 3.84. The number of hydrogen-bond acceptors (Lipinski definition) is 4. The molecule has 0 aromatic rings. The maximum Gasteiger partial charge on any atom is 0.377 e. The Kier molecular flexibility index (Phi) is 9.49. The van der Waals surface area contributed by atoms with Crippen LogP contribution in [-0.2, 0) is 19.0 Å². The van der Waals surface area contributed by atoms with E-state index in [1.54, 1.807) is 0 Å². The third kappa shape index (κ3) is 12.7. The fourth-order valence-corrected chi connectivity index (χ4v) is 1.63. The van der Waals surface area contributed by atoms with Crippen LogP contribution in [0.15, 0.2) is 12.7 Å². The van der Waals surface area contributed by atoms with Crippen LogP contribution < -0.4 is 0 Å². The maximum absolute atomic E-state index is 13.3. The topological polar surface area (TPSA) is 44.8 Å². The molecule has 0 aromatic heterocycles. The van der Waals surface area contributed by atoms with E-state index in [1.807, 2.05) is 0 Å². The van der Waals surface area contributed by atoms with Crippen LogP contribution in [0.25, 0.3) is 0 Å². The number of carbonyl (C=O) groups excluding carboxylic acids is 1. The third-order valence-corrected chi connectivity index (χ3v) is 2.66. The van der Waals surface area contributed by atoms with E-state index in [-0.39, 0.29) is 13.2 Å². The highest BCUT2D eigenvalue weighted by Crippen LogP contribution is 2.32. The summed E-state index contributed by atoms with van der Waals surface area (Å²) in [6, 6.07) is 0. The van der Waals surface area contributed by atoms with Crippen LogP contribution in [0.3, 0.4) is 0 Å². The van der Waals surface area contributed by atoms with Crippen LogP contribution in [0.4, 0.5) is 26.3 Å². The molecule has 1 atom stereocenters. The Morgan fingerprint density at radius 3 is 2.12 bits per heavy atom. The van der Waals surface area contributed by atoms with Crippen LogP contribution in [0.2, 0.25) is 0 Å². The zero-order chi connectivity index (χ0) is 19.7. The van der Waals surface area contributed by atoms with Gasteiger partial charge in [-0.3, -0.25) is 0 Å². The van der Waals surface area contributed by atoms with Gasteiger partial charge in [-0.1, -0.05) is 6.08 Å². The molecule has 0 bridgehead atoms. The van der Waals surface area contributed by atoms with E-state index in [9.17, 15) is 31.1 Å². The number of carbonyl (C=O) groups is 1. The zero-order valence-electron chi connectivity index (χ0n) is 14.0. The van der Waals surface area contributed by atoms with Gasteiger partial charge in [-0.25, -0.2) is 22.4 Å². The van der Waals surface area contributed by atoms with Crippen molar-refractivity contribution < 1.29 is 45.3 Å². The fourth-order valence-electron chi connectivity index (χ4n) is 1.63. The Bertz CT molecular complexity index is 417. The van der Waals surface area contributed by atoms with Gasteiger partial charge in [0.05, 0.1) is 32.8 Å². The number of hydrogen-bond donors (Lipinski definition) is 0. The quantitative estimate of drug-likeness (QED) is 0.211. The van der Waals surface area contributed by atoms with Crippen LogP contribution >= 0.6 is 0 Å². The van der Waals surface area contributed by atoms with Crippen molar-refractivity contribution in [3.63, 3.8) is 0 Å². The van der Waals surface area contributed by atoms with Crippen molar-refractivity contribution >= 4 is 5.97 Å². The van der Waals surface area contributed by atoms with E-state index < -0.39 is 55.9 Å². The van der Waals surface area contributed by atoms with Gasteiger partial charge in [0, 0.05) is 13.3 Å². The van der Waals surface area contributed by atoms with Gasteiger partial charge in [0.15, 0.2) is 0 Å². The van der Waals surface area contributed by atoms with Crippen LogP contribution in [0.1, 0.15) is 26.7 Å². The largest absolute Gasteiger partial charge is 0.453 e. The minimum atomic E-state index is -3.74. The molecule has 0 aliphatic rings. The molecule has 0 heterocycles. The normalized spacial score (nSPS) is 14.2.